The number of aromatic nitrogens is 3. The van der Waals surface area contributed by atoms with Crippen LogP contribution in [0.4, 0.5) is 0 Å². The van der Waals surface area contributed by atoms with Gasteiger partial charge in [0.05, 0.1) is 12.7 Å². The SMILES string of the molecule is O=C(O)c1cn(Cc2ccc(Cl)cc2Cl)nn1. The molecule has 0 spiro atoms. The molecule has 1 N–H and O–H groups in total. The number of benzene rings is 1. The van der Waals surface area contributed by atoms with Crippen LogP contribution < -0.4 is 0 Å². The molecule has 0 fully saturated rings. The second-order valence-corrected chi connectivity index (χ2v) is 4.19. The number of hydrogen-bond acceptors (Lipinski definition) is 3. The van der Waals surface area contributed by atoms with Crippen LogP contribution in [0.25, 0.3) is 0 Å². The Labute approximate surface area is 107 Å². The molecular weight excluding hydrogens is 265 g/mol. The van der Waals surface area contributed by atoms with Gasteiger partial charge in [0.25, 0.3) is 0 Å². The fraction of sp³-hybridized carbons (Fsp3) is 0.100. The smallest absolute Gasteiger partial charge is 0.358 e. The summed E-state index contributed by atoms with van der Waals surface area (Å²) in [6.07, 6.45) is 1.34. The summed E-state index contributed by atoms with van der Waals surface area (Å²) in [5.74, 6) is -1.11. The highest BCUT2D eigenvalue weighted by Crippen LogP contribution is 2.21. The van der Waals surface area contributed by atoms with Crippen molar-refractivity contribution < 1.29 is 9.90 Å². The van der Waals surface area contributed by atoms with E-state index < -0.39 is 5.97 Å². The van der Waals surface area contributed by atoms with Crippen LogP contribution in [-0.2, 0) is 6.54 Å². The monoisotopic (exact) mass is 271 g/mol. The van der Waals surface area contributed by atoms with E-state index in [0.717, 1.165) is 5.56 Å². The zero-order chi connectivity index (χ0) is 12.4. The quantitative estimate of drug-likeness (QED) is 0.931. The second kappa shape index (κ2) is 4.73. The summed E-state index contributed by atoms with van der Waals surface area (Å²) in [5, 5.41) is 16.9. The second-order valence-electron chi connectivity index (χ2n) is 3.34. The number of halogens is 2. The lowest BCUT2D eigenvalue weighted by Gasteiger charge is -2.03. The summed E-state index contributed by atoms with van der Waals surface area (Å²) in [6.45, 7) is 0.344. The van der Waals surface area contributed by atoms with Crippen molar-refractivity contribution in [1.29, 1.82) is 0 Å². The molecule has 0 saturated carbocycles. The van der Waals surface area contributed by atoms with E-state index in [2.05, 4.69) is 10.3 Å². The Kier molecular flexibility index (Phi) is 3.31. The molecule has 0 amide bonds. The molecule has 88 valence electrons. The maximum Gasteiger partial charge on any atom is 0.358 e. The minimum absolute atomic E-state index is 0.102. The summed E-state index contributed by atoms with van der Waals surface area (Å²) in [7, 11) is 0. The van der Waals surface area contributed by atoms with Gasteiger partial charge in [0.1, 0.15) is 0 Å². The number of hydrogen-bond donors (Lipinski definition) is 1. The lowest BCUT2D eigenvalue weighted by Crippen LogP contribution is -2.01. The molecule has 2 aromatic rings. The van der Waals surface area contributed by atoms with Crippen molar-refractivity contribution in [2.45, 2.75) is 6.54 Å². The topological polar surface area (TPSA) is 68.0 Å². The first-order valence-corrected chi connectivity index (χ1v) is 5.39. The van der Waals surface area contributed by atoms with Crippen LogP contribution in [0.5, 0.6) is 0 Å². The maximum atomic E-state index is 10.6. The van der Waals surface area contributed by atoms with Gasteiger partial charge in [-0.15, -0.1) is 5.10 Å². The first-order valence-electron chi connectivity index (χ1n) is 4.63. The molecule has 0 bridgehead atoms. The Bertz CT molecular complexity index is 568. The summed E-state index contributed by atoms with van der Waals surface area (Å²) in [6, 6.07) is 5.08. The Balaban J connectivity index is 2.22. The molecule has 0 radical (unpaired) electrons. The minimum atomic E-state index is -1.11. The molecule has 0 aliphatic carbocycles. The minimum Gasteiger partial charge on any atom is -0.476 e. The predicted molar refractivity (Wildman–Crippen MR) is 62.5 cm³/mol. The highest BCUT2D eigenvalue weighted by Gasteiger charge is 2.09. The molecule has 17 heavy (non-hydrogen) atoms. The van der Waals surface area contributed by atoms with Crippen LogP contribution in [0.1, 0.15) is 16.1 Å². The average Bonchev–Trinajstić information content (AvgIpc) is 2.71. The van der Waals surface area contributed by atoms with Crippen LogP contribution in [0.15, 0.2) is 24.4 Å². The molecule has 0 atom stereocenters. The number of nitrogens with zero attached hydrogens (tertiary/aromatic N) is 3. The molecule has 0 aliphatic heterocycles. The lowest BCUT2D eigenvalue weighted by molar-refractivity contribution is 0.0690. The molecule has 1 heterocycles. The molecule has 0 aliphatic rings. The van der Waals surface area contributed by atoms with Gasteiger partial charge in [0.15, 0.2) is 5.69 Å². The van der Waals surface area contributed by atoms with E-state index in [1.54, 1.807) is 18.2 Å². The number of carbonyl (C=O) groups is 1. The van der Waals surface area contributed by atoms with E-state index in [9.17, 15) is 4.79 Å². The molecular formula is C10H7Cl2N3O2. The first-order chi connectivity index (χ1) is 8.06. The van der Waals surface area contributed by atoms with Gasteiger partial charge in [-0.25, -0.2) is 9.48 Å². The van der Waals surface area contributed by atoms with Crippen LogP contribution in [0.3, 0.4) is 0 Å². The number of carboxylic acid groups (broad SMARTS) is 1. The normalized spacial score (nSPS) is 10.5. The molecule has 2 rings (SSSR count). The zero-order valence-corrected chi connectivity index (χ0v) is 9.98. The largest absolute Gasteiger partial charge is 0.476 e. The lowest BCUT2D eigenvalue weighted by atomic mass is 10.2. The number of aromatic carboxylic acids is 1. The van der Waals surface area contributed by atoms with Gasteiger partial charge in [-0.2, -0.15) is 0 Å². The van der Waals surface area contributed by atoms with Crippen molar-refractivity contribution in [3.63, 3.8) is 0 Å². The first kappa shape index (κ1) is 11.9. The highest BCUT2D eigenvalue weighted by molar-refractivity contribution is 6.35. The molecule has 7 heteroatoms. The van der Waals surface area contributed by atoms with Gasteiger partial charge in [0, 0.05) is 10.0 Å². The van der Waals surface area contributed by atoms with Gasteiger partial charge in [0.2, 0.25) is 0 Å². The molecule has 0 saturated heterocycles. The highest BCUT2D eigenvalue weighted by atomic mass is 35.5. The van der Waals surface area contributed by atoms with Crippen molar-refractivity contribution in [2.75, 3.05) is 0 Å². The molecule has 1 aromatic carbocycles. The van der Waals surface area contributed by atoms with Crippen LogP contribution >= 0.6 is 23.2 Å². The average molecular weight is 272 g/mol. The van der Waals surface area contributed by atoms with E-state index >= 15 is 0 Å². The van der Waals surface area contributed by atoms with E-state index in [1.165, 1.54) is 10.9 Å². The van der Waals surface area contributed by atoms with Crippen molar-refractivity contribution in [3.05, 3.63) is 45.7 Å². The van der Waals surface area contributed by atoms with Crippen LogP contribution in [-0.4, -0.2) is 26.1 Å². The van der Waals surface area contributed by atoms with Gasteiger partial charge in [-0.3, -0.25) is 0 Å². The van der Waals surface area contributed by atoms with E-state index in [-0.39, 0.29) is 5.69 Å². The third kappa shape index (κ3) is 2.75. The summed E-state index contributed by atoms with van der Waals surface area (Å²) in [5.41, 5.74) is 0.688. The van der Waals surface area contributed by atoms with Crippen molar-refractivity contribution >= 4 is 29.2 Å². The van der Waals surface area contributed by atoms with Crippen LogP contribution in [0, 0.1) is 0 Å². The molecule has 1 aromatic heterocycles. The fourth-order valence-electron chi connectivity index (χ4n) is 1.30. The predicted octanol–water partition coefficient (Wildman–Crippen LogP) is 2.33. The third-order valence-electron chi connectivity index (χ3n) is 2.11. The Morgan fingerprint density at radius 2 is 2.18 bits per heavy atom. The third-order valence-corrected chi connectivity index (χ3v) is 2.69. The van der Waals surface area contributed by atoms with Gasteiger partial charge >= 0.3 is 5.97 Å². The van der Waals surface area contributed by atoms with E-state index in [4.69, 9.17) is 28.3 Å². The summed E-state index contributed by atoms with van der Waals surface area (Å²) >= 11 is 11.8. The molecule has 0 unspecified atom stereocenters. The maximum absolute atomic E-state index is 10.6. The van der Waals surface area contributed by atoms with Crippen molar-refractivity contribution in [2.24, 2.45) is 0 Å². The summed E-state index contributed by atoms with van der Waals surface area (Å²) in [4.78, 5) is 10.6. The Morgan fingerprint density at radius 3 is 2.76 bits per heavy atom. The van der Waals surface area contributed by atoms with Crippen LogP contribution in [0.2, 0.25) is 10.0 Å². The standard InChI is InChI=1S/C10H7Cl2N3O2/c11-7-2-1-6(8(12)3-7)4-15-5-9(10(16)17)13-14-15/h1-3,5H,4H2,(H,16,17). The Morgan fingerprint density at radius 1 is 1.41 bits per heavy atom. The zero-order valence-electron chi connectivity index (χ0n) is 8.47. The van der Waals surface area contributed by atoms with Gasteiger partial charge in [-0.1, -0.05) is 34.5 Å². The number of carboxylic acids is 1. The van der Waals surface area contributed by atoms with Crippen molar-refractivity contribution in [3.8, 4) is 0 Å². The van der Waals surface area contributed by atoms with Gasteiger partial charge < -0.3 is 5.11 Å². The fourth-order valence-corrected chi connectivity index (χ4v) is 1.77. The Hall–Kier alpha value is -1.59. The number of rotatable bonds is 3. The van der Waals surface area contributed by atoms with Gasteiger partial charge in [-0.05, 0) is 17.7 Å². The molecule has 5 nitrogen and oxygen atoms in total. The van der Waals surface area contributed by atoms with E-state index in [0.29, 0.717) is 16.6 Å². The van der Waals surface area contributed by atoms with Crippen molar-refractivity contribution in [1.82, 2.24) is 15.0 Å². The van der Waals surface area contributed by atoms with E-state index in [1.807, 2.05) is 0 Å². The summed E-state index contributed by atoms with van der Waals surface area (Å²) < 4.78 is 1.40.